The van der Waals surface area contributed by atoms with Gasteiger partial charge in [-0.15, -0.1) is 0 Å². The molecule has 0 saturated heterocycles. The molecule has 2 aromatic carbocycles. The van der Waals surface area contributed by atoms with Crippen LogP contribution in [0.15, 0.2) is 49.1 Å². The number of aromatic nitrogens is 3. The van der Waals surface area contributed by atoms with Gasteiger partial charge in [0.15, 0.2) is 0 Å². The SMILES string of the molecule is COc1ccc(NCC(=O)Nc2cc(C(F)(F)F)ccc2-n2cncn2)c(C)c1. The van der Waals surface area contributed by atoms with Crippen molar-refractivity contribution in [3.63, 3.8) is 0 Å². The lowest BCUT2D eigenvalue weighted by Crippen LogP contribution is -2.23. The van der Waals surface area contributed by atoms with Crippen molar-refractivity contribution in [3.8, 4) is 11.4 Å². The fraction of sp³-hybridized carbons (Fsp3) is 0.211. The van der Waals surface area contributed by atoms with Crippen molar-refractivity contribution in [2.75, 3.05) is 24.3 Å². The molecule has 3 rings (SSSR count). The lowest BCUT2D eigenvalue weighted by Gasteiger charge is -2.15. The van der Waals surface area contributed by atoms with Crippen molar-refractivity contribution in [3.05, 3.63) is 60.2 Å². The zero-order valence-electron chi connectivity index (χ0n) is 15.6. The molecule has 1 aromatic heterocycles. The third kappa shape index (κ3) is 4.84. The zero-order valence-corrected chi connectivity index (χ0v) is 15.6. The van der Waals surface area contributed by atoms with Gasteiger partial charge in [-0.1, -0.05) is 0 Å². The van der Waals surface area contributed by atoms with Gasteiger partial charge < -0.3 is 15.4 Å². The Balaban J connectivity index is 1.78. The number of nitrogens with zero attached hydrogens (tertiary/aromatic N) is 3. The van der Waals surface area contributed by atoms with Crippen molar-refractivity contribution in [2.24, 2.45) is 0 Å². The number of halogens is 3. The lowest BCUT2D eigenvalue weighted by atomic mass is 10.1. The second kappa shape index (κ2) is 8.21. The first-order valence-electron chi connectivity index (χ1n) is 8.52. The van der Waals surface area contributed by atoms with E-state index < -0.39 is 17.6 Å². The quantitative estimate of drug-likeness (QED) is 0.654. The first kappa shape index (κ1) is 20.2. The average molecular weight is 405 g/mol. The van der Waals surface area contributed by atoms with E-state index in [0.717, 1.165) is 17.7 Å². The van der Waals surface area contributed by atoms with Gasteiger partial charge in [0, 0.05) is 5.69 Å². The number of nitrogens with one attached hydrogen (secondary N) is 2. The first-order chi connectivity index (χ1) is 13.8. The molecule has 1 heterocycles. The molecule has 29 heavy (non-hydrogen) atoms. The van der Waals surface area contributed by atoms with E-state index in [9.17, 15) is 18.0 Å². The second-order valence-electron chi connectivity index (χ2n) is 6.15. The third-order valence-electron chi connectivity index (χ3n) is 4.14. The molecule has 0 radical (unpaired) electrons. The molecule has 0 aliphatic heterocycles. The fourth-order valence-corrected chi connectivity index (χ4v) is 2.68. The Morgan fingerprint density at radius 3 is 2.59 bits per heavy atom. The van der Waals surface area contributed by atoms with E-state index in [1.807, 2.05) is 6.92 Å². The summed E-state index contributed by atoms with van der Waals surface area (Å²) in [6.45, 7) is 1.71. The Labute approximate surface area is 164 Å². The predicted octanol–water partition coefficient (Wildman–Crippen LogP) is 3.65. The summed E-state index contributed by atoms with van der Waals surface area (Å²) in [7, 11) is 1.55. The molecule has 0 aliphatic rings. The predicted molar refractivity (Wildman–Crippen MR) is 101 cm³/mol. The average Bonchev–Trinajstić information content (AvgIpc) is 3.20. The highest BCUT2D eigenvalue weighted by molar-refractivity contribution is 5.95. The highest BCUT2D eigenvalue weighted by Crippen LogP contribution is 2.33. The van der Waals surface area contributed by atoms with Crippen LogP contribution in [0.4, 0.5) is 24.5 Å². The number of alkyl halides is 3. The molecule has 7 nitrogen and oxygen atoms in total. The van der Waals surface area contributed by atoms with Gasteiger partial charge in [0.05, 0.1) is 30.6 Å². The van der Waals surface area contributed by atoms with Crippen LogP contribution in [0.25, 0.3) is 5.69 Å². The molecule has 2 N–H and O–H groups in total. The van der Waals surface area contributed by atoms with Crippen LogP contribution < -0.4 is 15.4 Å². The van der Waals surface area contributed by atoms with E-state index >= 15 is 0 Å². The summed E-state index contributed by atoms with van der Waals surface area (Å²) in [5, 5.41) is 9.38. The van der Waals surface area contributed by atoms with E-state index in [-0.39, 0.29) is 17.9 Å². The summed E-state index contributed by atoms with van der Waals surface area (Å²) in [6, 6.07) is 8.32. The molecule has 10 heteroatoms. The molecule has 152 valence electrons. The van der Waals surface area contributed by atoms with E-state index in [0.29, 0.717) is 11.4 Å². The van der Waals surface area contributed by atoms with Gasteiger partial charge in [0.2, 0.25) is 5.91 Å². The maximum atomic E-state index is 13.1. The molecule has 0 unspecified atom stereocenters. The number of carbonyl (C=O) groups excluding carboxylic acids is 1. The van der Waals surface area contributed by atoms with Crippen LogP contribution >= 0.6 is 0 Å². The Kier molecular flexibility index (Phi) is 5.71. The number of methoxy groups -OCH3 is 1. The molecule has 0 saturated carbocycles. The van der Waals surface area contributed by atoms with Gasteiger partial charge in [-0.2, -0.15) is 18.3 Å². The second-order valence-corrected chi connectivity index (χ2v) is 6.15. The zero-order chi connectivity index (χ0) is 21.0. The van der Waals surface area contributed by atoms with E-state index in [1.165, 1.54) is 23.4 Å². The number of hydrogen-bond acceptors (Lipinski definition) is 5. The van der Waals surface area contributed by atoms with Crippen LogP contribution in [0.1, 0.15) is 11.1 Å². The van der Waals surface area contributed by atoms with Gasteiger partial charge in [-0.25, -0.2) is 9.67 Å². The van der Waals surface area contributed by atoms with Gasteiger partial charge in [-0.05, 0) is 48.9 Å². The minimum atomic E-state index is -4.54. The summed E-state index contributed by atoms with van der Waals surface area (Å²) in [4.78, 5) is 16.2. The monoisotopic (exact) mass is 405 g/mol. The smallest absolute Gasteiger partial charge is 0.416 e. The topological polar surface area (TPSA) is 81.1 Å². The van der Waals surface area contributed by atoms with Crippen molar-refractivity contribution >= 4 is 17.3 Å². The van der Waals surface area contributed by atoms with Crippen LogP contribution in [-0.4, -0.2) is 34.3 Å². The van der Waals surface area contributed by atoms with Gasteiger partial charge >= 0.3 is 6.18 Å². The summed E-state index contributed by atoms with van der Waals surface area (Å²) in [5.74, 6) is 0.167. The molecule has 0 bridgehead atoms. The van der Waals surface area contributed by atoms with Crippen LogP contribution in [0.2, 0.25) is 0 Å². The van der Waals surface area contributed by atoms with Crippen LogP contribution in [0.5, 0.6) is 5.75 Å². The summed E-state index contributed by atoms with van der Waals surface area (Å²) in [5.41, 5.74) is 0.935. The van der Waals surface area contributed by atoms with Crippen molar-refractivity contribution in [1.29, 1.82) is 0 Å². The number of anilines is 2. The van der Waals surface area contributed by atoms with E-state index in [1.54, 1.807) is 25.3 Å². The molecular formula is C19H18F3N5O2. The van der Waals surface area contributed by atoms with E-state index in [2.05, 4.69) is 20.7 Å². The molecule has 0 fully saturated rings. The minimum Gasteiger partial charge on any atom is -0.497 e. The van der Waals surface area contributed by atoms with Crippen LogP contribution in [0.3, 0.4) is 0 Å². The maximum absolute atomic E-state index is 13.1. The number of ether oxygens (including phenoxy) is 1. The van der Waals surface area contributed by atoms with Crippen molar-refractivity contribution in [1.82, 2.24) is 14.8 Å². The molecule has 0 spiro atoms. The number of benzene rings is 2. The number of aryl methyl sites for hydroxylation is 1. The Morgan fingerprint density at radius 2 is 1.97 bits per heavy atom. The minimum absolute atomic E-state index is 0.0245. The van der Waals surface area contributed by atoms with Crippen molar-refractivity contribution in [2.45, 2.75) is 13.1 Å². The van der Waals surface area contributed by atoms with Crippen LogP contribution in [0, 0.1) is 6.92 Å². The summed E-state index contributed by atoms with van der Waals surface area (Å²) >= 11 is 0. The molecule has 0 atom stereocenters. The van der Waals surface area contributed by atoms with Gasteiger partial charge in [0.25, 0.3) is 0 Å². The normalized spacial score (nSPS) is 11.2. The third-order valence-corrected chi connectivity index (χ3v) is 4.14. The Morgan fingerprint density at radius 1 is 1.17 bits per heavy atom. The Hall–Kier alpha value is -3.56. The van der Waals surface area contributed by atoms with Gasteiger partial charge in [-0.3, -0.25) is 4.79 Å². The van der Waals surface area contributed by atoms with Crippen molar-refractivity contribution < 1.29 is 22.7 Å². The van der Waals surface area contributed by atoms with Crippen LogP contribution in [-0.2, 0) is 11.0 Å². The first-order valence-corrected chi connectivity index (χ1v) is 8.52. The fourth-order valence-electron chi connectivity index (χ4n) is 2.68. The molecule has 3 aromatic rings. The number of carbonyl (C=O) groups is 1. The molecule has 0 aliphatic carbocycles. The Bertz CT molecular complexity index is 1000. The summed E-state index contributed by atoms with van der Waals surface area (Å²) < 4.78 is 45.7. The largest absolute Gasteiger partial charge is 0.497 e. The number of amides is 1. The van der Waals surface area contributed by atoms with Gasteiger partial charge in [0.1, 0.15) is 18.4 Å². The standard InChI is InChI=1S/C19H18F3N5O2/c1-12-7-14(29-2)4-5-15(12)24-9-18(28)26-16-8-13(19(20,21)22)3-6-17(16)27-11-23-10-25-27/h3-8,10-11,24H,9H2,1-2H3,(H,26,28). The maximum Gasteiger partial charge on any atom is 0.416 e. The highest BCUT2D eigenvalue weighted by atomic mass is 19.4. The van der Waals surface area contributed by atoms with E-state index in [4.69, 9.17) is 4.74 Å². The summed E-state index contributed by atoms with van der Waals surface area (Å²) in [6.07, 6.45) is -1.96. The lowest BCUT2D eigenvalue weighted by molar-refractivity contribution is -0.137. The highest BCUT2D eigenvalue weighted by Gasteiger charge is 2.31. The molecule has 1 amide bonds. The number of rotatable bonds is 6. The number of hydrogen-bond donors (Lipinski definition) is 2. The molecular weight excluding hydrogens is 387 g/mol.